The molecule has 0 heterocycles. The summed E-state index contributed by atoms with van der Waals surface area (Å²) in [5.41, 5.74) is 1.35. The fourth-order valence-corrected chi connectivity index (χ4v) is 3.65. The Labute approximate surface area is 164 Å². The van der Waals surface area contributed by atoms with Crippen molar-refractivity contribution in [3.63, 3.8) is 0 Å². The minimum atomic E-state index is -0.622. The molecule has 28 heavy (non-hydrogen) atoms. The summed E-state index contributed by atoms with van der Waals surface area (Å²) < 4.78 is 10.2. The zero-order chi connectivity index (χ0) is 20.3. The number of ether oxygens (including phenoxy) is 2. The highest BCUT2D eigenvalue weighted by Gasteiger charge is 2.43. The molecule has 0 N–H and O–H groups in total. The molecule has 5 heteroatoms. The van der Waals surface area contributed by atoms with Gasteiger partial charge in [-0.3, -0.25) is 9.59 Å². The summed E-state index contributed by atoms with van der Waals surface area (Å²) in [5, 5.41) is 0. The second kappa shape index (κ2) is 7.97. The number of aryl methyl sites for hydroxylation is 1. The van der Waals surface area contributed by atoms with Gasteiger partial charge in [0.2, 0.25) is 0 Å². The van der Waals surface area contributed by atoms with Gasteiger partial charge in [0.25, 0.3) is 0 Å². The molecule has 146 valence electrons. The molecule has 1 aliphatic rings. The molecule has 0 fully saturated rings. The average Bonchev–Trinajstić information content (AvgIpc) is 2.71. The number of hydrogen-bond acceptors (Lipinski definition) is 5. The molecule has 1 aliphatic carbocycles. The predicted molar refractivity (Wildman–Crippen MR) is 104 cm³/mol. The van der Waals surface area contributed by atoms with Crippen LogP contribution >= 0.6 is 0 Å². The number of fused-ring (bicyclic) bond motifs is 1. The van der Waals surface area contributed by atoms with E-state index >= 15 is 0 Å². The van der Waals surface area contributed by atoms with E-state index in [0.717, 1.165) is 5.56 Å². The first-order valence-electron chi connectivity index (χ1n) is 9.37. The number of rotatable bonds is 5. The highest BCUT2D eigenvalue weighted by Crippen LogP contribution is 2.43. The first-order valence-corrected chi connectivity index (χ1v) is 9.37. The van der Waals surface area contributed by atoms with Crippen molar-refractivity contribution in [3.8, 4) is 5.75 Å². The van der Waals surface area contributed by atoms with Crippen molar-refractivity contribution in [1.29, 1.82) is 0 Å². The van der Waals surface area contributed by atoms with Crippen LogP contribution in [0.2, 0.25) is 0 Å². The minimum Gasteiger partial charge on any atom is -0.469 e. The van der Waals surface area contributed by atoms with Crippen molar-refractivity contribution >= 4 is 17.7 Å². The maximum atomic E-state index is 13.1. The lowest BCUT2D eigenvalue weighted by Gasteiger charge is -2.38. The maximum Gasteiger partial charge on any atom is 0.343 e. The van der Waals surface area contributed by atoms with Crippen molar-refractivity contribution in [1.82, 2.24) is 0 Å². The minimum absolute atomic E-state index is 0.0195. The number of methoxy groups -OCH3 is 1. The SMILES string of the molecule is COC(=O)CC(C)C1(C)CCc2cc(OC(=O)c3ccccc3)ccc2C1=O. The first kappa shape index (κ1) is 19.8. The molecule has 0 spiro atoms. The Kier molecular flexibility index (Phi) is 5.63. The highest BCUT2D eigenvalue weighted by molar-refractivity contribution is 6.03. The molecule has 0 saturated heterocycles. The van der Waals surface area contributed by atoms with Gasteiger partial charge in [0.1, 0.15) is 5.75 Å². The normalized spacial score (nSPS) is 19.5. The van der Waals surface area contributed by atoms with E-state index in [0.29, 0.717) is 29.7 Å². The van der Waals surface area contributed by atoms with Crippen LogP contribution in [0.5, 0.6) is 5.75 Å². The van der Waals surface area contributed by atoms with E-state index < -0.39 is 11.4 Å². The third kappa shape index (κ3) is 3.84. The lowest BCUT2D eigenvalue weighted by atomic mass is 9.64. The van der Waals surface area contributed by atoms with Crippen molar-refractivity contribution in [2.24, 2.45) is 11.3 Å². The Hall–Kier alpha value is -2.95. The Balaban J connectivity index is 1.78. The zero-order valence-corrected chi connectivity index (χ0v) is 16.4. The number of carbonyl (C=O) groups excluding carboxylic acids is 3. The number of Topliss-reactive ketones (excluding diaryl/α,β-unsaturated/α-hetero) is 1. The third-order valence-electron chi connectivity index (χ3n) is 5.76. The van der Waals surface area contributed by atoms with Gasteiger partial charge in [0.05, 0.1) is 12.7 Å². The Bertz CT molecular complexity index is 902. The molecule has 2 unspecified atom stereocenters. The van der Waals surface area contributed by atoms with Gasteiger partial charge in [-0.2, -0.15) is 0 Å². The standard InChI is InChI=1S/C23H24O5/c1-15(13-20(24)27-3)23(2)12-11-17-14-18(9-10-19(17)21(23)25)28-22(26)16-7-5-4-6-8-16/h4-10,14-15H,11-13H2,1-3H3. The van der Waals surface area contributed by atoms with Crippen LogP contribution in [-0.4, -0.2) is 24.8 Å². The summed E-state index contributed by atoms with van der Waals surface area (Å²) in [4.78, 5) is 37.0. The molecule has 0 amide bonds. The van der Waals surface area contributed by atoms with E-state index in [2.05, 4.69) is 0 Å². The van der Waals surface area contributed by atoms with E-state index in [1.807, 2.05) is 19.9 Å². The number of carbonyl (C=O) groups is 3. The molecule has 0 radical (unpaired) electrons. The summed E-state index contributed by atoms with van der Waals surface area (Å²) >= 11 is 0. The summed E-state index contributed by atoms with van der Waals surface area (Å²) in [6.07, 6.45) is 1.52. The predicted octanol–water partition coefficient (Wildman–Crippen LogP) is 4.24. The molecule has 2 aromatic rings. The van der Waals surface area contributed by atoms with Crippen LogP contribution in [0.25, 0.3) is 0 Å². The zero-order valence-electron chi connectivity index (χ0n) is 16.4. The van der Waals surface area contributed by atoms with Gasteiger partial charge in [0, 0.05) is 17.4 Å². The molecule has 0 bridgehead atoms. The molecule has 5 nitrogen and oxygen atoms in total. The monoisotopic (exact) mass is 380 g/mol. The summed E-state index contributed by atoms with van der Waals surface area (Å²) in [6.45, 7) is 3.82. The Morgan fingerprint density at radius 2 is 1.86 bits per heavy atom. The fourth-order valence-electron chi connectivity index (χ4n) is 3.65. The van der Waals surface area contributed by atoms with Crippen LogP contribution in [0.3, 0.4) is 0 Å². The second-order valence-electron chi connectivity index (χ2n) is 7.50. The lowest BCUT2D eigenvalue weighted by Crippen LogP contribution is -2.39. The topological polar surface area (TPSA) is 69.7 Å². The van der Waals surface area contributed by atoms with Gasteiger partial charge >= 0.3 is 11.9 Å². The maximum absolute atomic E-state index is 13.1. The quantitative estimate of drug-likeness (QED) is 0.573. The van der Waals surface area contributed by atoms with E-state index in [1.54, 1.807) is 42.5 Å². The summed E-state index contributed by atoms with van der Waals surface area (Å²) in [5.74, 6) is -0.427. The summed E-state index contributed by atoms with van der Waals surface area (Å²) in [7, 11) is 1.35. The molecular formula is C23H24O5. The van der Waals surface area contributed by atoms with Gasteiger partial charge in [-0.1, -0.05) is 32.0 Å². The van der Waals surface area contributed by atoms with Crippen LogP contribution in [0, 0.1) is 11.3 Å². The van der Waals surface area contributed by atoms with Crippen LogP contribution in [0.1, 0.15) is 53.0 Å². The lowest BCUT2D eigenvalue weighted by molar-refractivity contribution is -0.142. The van der Waals surface area contributed by atoms with Crippen LogP contribution < -0.4 is 4.74 Å². The van der Waals surface area contributed by atoms with Crippen LogP contribution in [0.4, 0.5) is 0 Å². The number of ketones is 1. The summed E-state index contributed by atoms with van der Waals surface area (Å²) in [6, 6.07) is 13.9. The number of benzene rings is 2. The van der Waals surface area contributed by atoms with Crippen LogP contribution in [0.15, 0.2) is 48.5 Å². The van der Waals surface area contributed by atoms with E-state index in [1.165, 1.54) is 7.11 Å². The molecule has 2 aromatic carbocycles. The van der Waals surface area contributed by atoms with Crippen molar-refractivity contribution in [3.05, 3.63) is 65.2 Å². The van der Waals surface area contributed by atoms with Crippen LogP contribution in [-0.2, 0) is 16.0 Å². The van der Waals surface area contributed by atoms with Gasteiger partial charge < -0.3 is 9.47 Å². The van der Waals surface area contributed by atoms with E-state index in [4.69, 9.17) is 9.47 Å². The molecule has 3 rings (SSSR count). The first-order chi connectivity index (χ1) is 13.3. The largest absolute Gasteiger partial charge is 0.469 e. The van der Waals surface area contributed by atoms with E-state index in [9.17, 15) is 14.4 Å². The van der Waals surface area contributed by atoms with Gasteiger partial charge in [-0.25, -0.2) is 4.79 Å². The van der Waals surface area contributed by atoms with Gasteiger partial charge in [-0.05, 0) is 54.7 Å². The molecule has 0 saturated carbocycles. The highest BCUT2D eigenvalue weighted by atomic mass is 16.5. The van der Waals surface area contributed by atoms with Crippen molar-refractivity contribution in [2.45, 2.75) is 33.1 Å². The second-order valence-corrected chi connectivity index (χ2v) is 7.50. The Morgan fingerprint density at radius 3 is 2.54 bits per heavy atom. The average molecular weight is 380 g/mol. The van der Waals surface area contributed by atoms with Gasteiger partial charge in [0.15, 0.2) is 5.78 Å². The van der Waals surface area contributed by atoms with Crippen molar-refractivity contribution in [2.75, 3.05) is 7.11 Å². The molecular weight excluding hydrogens is 356 g/mol. The molecule has 0 aromatic heterocycles. The fraction of sp³-hybridized carbons (Fsp3) is 0.348. The van der Waals surface area contributed by atoms with E-state index in [-0.39, 0.29) is 24.1 Å². The van der Waals surface area contributed by atoms with Crippen molar-refractivity contribution < 1.29 is 23.9 Å². The molecule has 0 aliphatic heterocycles. The third-order valence-corrected chi connectivity index (χ3v) is 5.76. The number of esters is 2. The smallest absolute Gasteiger partial charge is 0.343 e. The molecule has 2 atom stereocenters. The Morgan fingerprint density at radius 1 is 1.14 bits per heavy atom. The number of hydrogen-bond donors (Lipinski definition) is 0. The van der Waals surface area contributed by atoms with Gasteiger partial charge in [-0.15, -0.1) is 0 Å².